The molecule has 2 heterocycles. The van der Waals surface area contributed by atoms with Gasteiger partial charge in [0.25, 0.3) is 0 Å². The van der Waals surface area contributed by atoms with E-state index in [1.165, 1.54) is 12.1 Å². The Balaban J connectivity index is 1.22. The maximum Gasteiger partial charge on any atom is 0.307 e. The zero-order valence-corrected chi connectivity index (χ0v) is 19.0. The molecule has 0 spiro atoms. The van der Waals surface area contributed by atoms with Crippen LogP contribution in [0.25, 0.3) is 0 Å². The van der Waals surface area contributed by atoms with Crippen molar-refractivity contribution in [3.05, 3.63) is 70.8 Å². The number of benzene rings is 2. The van der Waals surface area contributed by atoms with Gasteiger partial charge in [0.05, 0.1) is 24.0 Å². The van der Waals surface area contributed by atoms with E-state index in [0.717, 1.165) is 50.4 Å². The Hall–Kier alpha value is -3.11. The molecule has 7 heteroatoms. The number of nitrogens with zero attached hydrogens (tertiary/aromatic N) is 2. The monoisotopic (exact) mass is 466 g/mol. The molecule has 0 N–H and O–H groups in total. The highest BCUT2D eigenvalue weighted by Gasteiger charge is 2.40. The molecule has 2 saturated heterocycles. The van der Waals surface area contributed by atoms with Crippen LogP contribution in [0.4, 0.5) is 8.78 Å². The number of rotatable bonds is 8. The van der Waals surface area contributed by atoms with Gasteiger partial charge in [-0.25, -0.2) is 8.78 Å². The summed E-state index contributed by atoms with van der Waals surface area (Å²) in [5, 5.41) is 8.96. The Morgan fingerprint density at radius 2 is 1.76 bits per heavy atom. The first-order chi connectivity index (χ1) is 16.4. The van der Waals surface area contributed by atoms with Crippen molar-refractivity contribution in [3.8, 4) is 6.07 Å². The summed E-state index contributed by atoms with van der Waals surface area (Å²) in [5.41, 5.74) is 1.91. The van der Waals surface area contributed by atoms with Crippen LogP contribution in [0.3, 0.4) is 0 Å². The van der Waals surface area contributed by atoms with Gasteiger partial charge in [-0.2, -0.15) is 5.26 Å². The lowest BCUT2D eigenvalue weighted by molar-refractivity contribution is -0.141. The molecule has 0 aliphatic carbocycles. The van der Waals surface area contributed by atoms with E-state index in [4.69, 9.17) is 10.00 Å². The van der Waals surface area contributed by atoms with Crippen molar-refractivity contribution < 1.29 is 23.1 Å². The molecule has 0 aromatic heterocycles. The normalized spacial score (nSPS) is 21.3. The van der Waals surface area contributed by atoms with Crippen LogP contribution in [-0.4, -0.2) is 29.7 Å². The highest BCUT2D eigenvalue weighted by atomic mass is 19.1. The minimum absolute atomic E-state index is 0.0470. The number of cyclic esters (lactones) is 1. The summed E-state index contributed by atoms with van der Waals surface area (Å²) in [6, 6.07) is 12.5. The van der Waals surface area contributed by atoms with E-state index >= 15 is 0 Å². The zero-order chi connectivity index (χ0) is 24.1. The lowest BCUT2D eigenvalue weighted by Gasteiger charge is -2.32. The second-order valence-corrected chi connectivity index (χ2v) is 9.31. The molecule has 4 rings (SSSR count). The van der Waals surface area contributed by atoms with Crippen LogP contribution < -0.4 is 0 Å². The molecule has 0 radical (unpaired) electrons. The first-order valence-electron chi connectivity index (χ1n) is 11.8. The molecule has 2 aromatic rings. The van der Waals surface area contributed by atoms with E-state index < -0.39 is 23.7 Å². The third-order valence-electron chi connectivity index (χ3n) is 6.86. The number of esters is 1. The summed E-state index contributed by atoms with van der Waals surface area (Å²) in [5.74, 6) is -1.38. The fraction of sp³-hybridized carbons (Fsp3) is 0.444. The number of hydrogen-bond donors (Lipinski definition) is 0. The quantitative estimate of drug-likeness (QED) is 0.507. The lowest BCUT2D eigenvalue weighted by atomic mass is 9.86. The molecule has 5 nitrogen and oxygen atoms in total. The molecular weight excluding hydrogens is 438 g/mol. The average Bonchev–Trinajstić information content (AvgIpc) is 3.21. The number of halogens is 2. The van der Waals surface area contributed by atoms with E-state index in [1.54, 1.807) is 24.3 Å². The second-order valence-electron chi connectivity index (χ2n) is 9.31. The zero-order valence-electron chi connectivity index (χ0n) is 19.0. The Labute approximate surface area is 198 Å². The molecule has 2 atom stereocenters. The Morgan fingerprint density at radius 1 is 1.09 bits per heavy atom. The van der Waals surface area contributed by atoms with Crippen molar-refractivity contribution in [2.75, 3.05) is 13.1 Å². The first kappa shape index (κ1) is 24.0. The summed E-state index contributed by atoms with van der Waals surface area (Å²) < 4.78 is 32.3. The number of ketones is 1. The maximum absolute atomic E-state index is 13.4. The van der Waals surface area contributed by atoms with Crippen molar-refractivity contribution in [2.45, 2.75) is 51.2 Å². The molecule has 0 bridgehead atoms. The van der Waals surface area contributed by atoms with Crippen LogP contribution in [0.2, 0.25) is 0 Å². The number of carbonyl (C=O) groups is 2. The van der Waals surface area contributed by atoms with Crippen LogP contribution in [0, 0.1) is 34.8 Å². The van der Waals surface area contributed by atoms with Crippen LogP contribution in [0.15, 0.2) is 42.5 Å². The van der Waals surface area contributed by atoms with Crippen molar-refractivity contribution in [3.63, 3.8) is 0 Å². The highest BCUT2D eigenvalue weighted by Crippen LogP contribution is 2.37. The van der Waals surface area contributed by atoms with Gasteiger partial charge < -0.3 is 4.74 Å². The molecule has 2 aromatic carbocycles. The number of ether oxygens (including phenoxy) is 1. The Morgan fingerprint density at radius 3 is 2.41 bits per heavy atom. The number of hydrogen-bond acceptors (Lipinski definition) is 5. The van der Waals surface area contributed by atoms with E-state index in [9.17, 15) is 18.4 Å². The van der Waals surface area contributed by atoms with E-state index in [2.05, 4.69) is 11.0 Å². The molecule has 0 amide bonds. The second kappa shape index (κ2) is 10.9. The number of likely N-dealkylation sites (tertiary alicyclic amines) is 1. The van der Waals surface area contributed by atoms with Gasteiger partial charge in [0.15, 0.2) is 0 Å². The van der Waals surface area contributed by atoms with E-state index in [1.807, 2.05) is 0 Å². The van der Waals surface area contributed by atoms with Crippen LogP contribution in [0.5, 0.6) is 0 Å². The minimum atomic E-state index is -0.580. The molecule has 178 valence electrons. The summed E-state index contributed by atoms with van der Waals surface area (Å²) in [4.78, 5) is 27.0. The topological polar surface area (TPSA) is 70.4 Å². The van der Waals surface area contributed by atoms with Crippen LogP contribution in [0.1, 0.15) is 61.3 Å². The van der Waals surface area contributed by atoms with Gasteiger partial charge in [-0.15, -0.1) is 0 Å². The van der Waals surface area contributed by atoms with Crippen molar-refractivity contribution >= 4 is 11.8 Å². The van der Waals surface area contributed by atoms with Gasteiger partial charge in [-0.05, 0) is 80.1 Å². The third kappa shape index (κ3) is 6.06. The largest absolute Gasteiger partial charge is 0.457 e. The van der Waals surface area contributed by atoms with Gasteiger partial charge >= 0.3 is 5.97 Å². The van der Waals surface area contributed by atoms with E-state index in [-0.39, 0.29) is 18.2 Å². The predicted octanol–water partition coefficient (Wildman–Crippen LogP) is 5.09. The molecule has 0 saturated carbocycles. The molecule has 2 aliphatic rings. The average molecular weight is 467 g/mol. The maximum atomic E-state index is 13.4. The molecule has 34 heavy (non-hydrogen) atoms. The molecule has 2 fully saturated rings. The van der Waals surface area contributed by atoms with Crippen LogP contribution in [-0.2, 0) is 20.9 Å². The summed E-state index contributed by atoms with van der Waals surface area (Å²) in [6.07, 6.45) is 3.62. The summed E-state index contributed by atoms with van der Waals surface area (Å²) in [6.45, 7) is 2.26. The number of carbonyl (C=O) groups excluding carboxylic acids is 2. The molecule has 2 aliphatic heterocycles. The van der Waals surface area contributed by atoms with Gasteiger partial charge in [0.2, 0.25) is 0 Å². The standard InChI is InChI=1S/C27H28F2N2O3/c28-22-12-20(13-23(29)14-22)17-31-10-8-18(9-11-31)2-1-3-25(32)24-15-26(33)34-27(24)21-6-4-19(16-30)5-7-21/h4-7,12-14,18,24,27H,1-3,8-11,15,17H2/t24-,27-/m1/s1. The van der Waals surface area contributed by atoms with Gasteiger partial charge in [0, 0.05) is 19.0 Å². The first-order valence-corrected chi connectivity index (χ1v) is 11.8. The number of nitriles is 1. The minimum Gasteiger partial charge on any atom is -0.457 e. The Kier molecular flexibility index (Phi) is 7.69. The highest BCUT2D eigenvalue weighted by molar-refractivity contribution is 5.88. The fourth-order valence-corrected chi connectivity index (χ4v) is 5.03. The fourth-order valence-electron chi connectivity index (χ4n) is 5.03. The molecule has 0 unspecified atom stereocenters. The lowest BCUT2D eigenvalue weighted by Crippen LogP contribution is -2.33. The SMILES string of the molecule is N#Cc1ccc([C@H]2OC(=O)C[C@@H]2C(=O)CCCC2CCN(Cc3cc(F)cc(F)c3)CC2)cc1. The van der Waals surface area contributed by atoms with Crippen molar-refractivity contribution in [1.82, 2.24) is 4.90 Å². The number of piperidine rings is 1. The van der Waals surface area contributed by atoms with Crippen molar-refractivity contribution in [1.29, 1.82) is 5.26 Å². The van der Waals surface area contributed by atoms with Crippen LogP contribution >= 0.6 is 0 Å². The van der Waals surface area contributed by atoms with Gasteiger partial charge in [0.1, 0.15) is 23.5 Å². The number of Topliss-reactive ketones (excluding diaryl/α,β-unsaturated/α-hetero) is 1. The predicted molar refractivity (Wildman–Crippen MR) is 121 cm³/mol. The third-order valence-corrected chi connectivity index (χ3v) is 6.86. The summed E-state index contributed by atoms with van der Waals surface area (Å²) >= 11 is 0. The van der Waals surface area contributed by atoms with Gasteiger partial charge in [-0.3, -0.25) is 14.5 Å². The van der Waals surface area contributed by atoms with Gasteiger partial charge in [-0.1, -0.05) is 12.1 Å². The van der Waals surface area contributed by atoms with E-state index in [0.29, 0.717) is 30.0 Å². The smallest absolute Gasteiger partial charge is 0.307 e. The molecular formula is C27H28F2N2O3. The summed E-state index contributed by atoms with van der Waals surface area (Å²) in [7, 11) is 0. The van der Waals surface area contributed by atoms with Crippen molar-refractivity contribution in [2.24, 2.45) is 11.8 Å². The Bertz CT molecular complexity index is 1050.